The SMILES string of the molecule is C#CCCC1(CCC(=O)N2CCOCC23CCC3)N=N1. The summed E-state index contributed by atoms with van der Waals surface area (Å²) < 4.78 is 5.57. The van der Waals surface area contributed by atoms with Crippen molar-refractivity contribution in [1.29, 1.82) is 0 Å². The zero-order chi connectivity index (χ0) is 14.1. The van der Waals surface area contributed by atoms with Crippen molar-refractivity contribution in [2.45, 2.75) is 56.1 Å². The largest absolute Gasteiger partial charge is 0.377 e. The van der Waals surface area contributed by atoms with Crippen molar-refractivity contribution in [1.82, 2.24) is 4.90 Å². The molecule has 1 amide bonds. The molecule has 0 N–H and O–H groups in total. The van der Waals surface area contributed by atoms with Gasteiger partial charge in [0.2, 0.25) is 5.91 Å². The number of amides is 1. The Hall–Kier alpha value is -1.41. The Balaban J connectivity index is 1.53. The molecule has 2 heterocycles. The molecular formula is C15H21N3O2. The molecule has 1 spiro atoms. The van der Waals surface area contributed by atoms with Crippen LogP contribution in [0.4, 0.5) is 0 Å². The Morgan fingerprint density at radius 2 is 2.15 bits per heavy atom. The lowest BCUT2D eigenvalue weighted by atomic mass is 9.75. The summed E-state index contributed by atoms with van der Waals surface area (Å²) in [5.41, 5.74) is -0.347. The molecule has 2 aliphatic heterocycles. The number of hydrogen-bond acceptors (Lipinski definition) is 4. The Morgan fingerprint density at radius 1 is 1.35 bits per heavy atom. The van der Waals surface area contributed by atoms with Crippen LogP contribution in [0.5, 0.6) is 0 Å². The van der Waals surface area contributed by atoms with Gasteiger partial charge in [-0.1, -0.05) is 0 Å². The van der Waals surface area contributed by atoms with E-state index >= 15 is 0 Å². The van der Waals surface area contributed by atoms with Crippen molar-refractivity contribution < 1.29 is 9.53 Å². The summed E-state index contributed by atoms with van der Waals surface area (Å²) in [7, 11) is 0. The molecule has 0 radical (unpaired) electrons. The van der Waals surface area contributed by atoms with E-state index in [4.69, 9.17) is 11.2 Å². The highest BCUT2D eigenvalue weighted by Gasteiger charge is 2.47. The standard InChI is InChI=1S/C15H21N3O2/c1-2-3-8-15(16-17-15)9-5-13(19)18-10-11-20-12-14(18)6-4-7-14/h1H,3-12H2. The fraction of sp³-hybridized carbons (Fsp3) is 0.800. The van der Waals surface area contributed by atoms with Crippen LogP contribution in [0.3, 0.4) is 0 Å². The van der Waals surface area contributed by atoms with Crippen LogP contribution >= 0.6 is 0 Å². The van der Waals surface area contributed by atoms with Gasteiger partial charge in [0.15, 0.2) is 5.66 Å². The molecule has 0 unspecified atom stereocenters. The second kappa shape index (κ2) is 5.17. The summed E-state index contributed by atoms with van der Waals surface area (Å²) in [5, 5.41) is 8.19. The molecule has 3 rings (SSSR count). The number of carbonyl (C=O) groups is 1. The predicted molar refractivity (Wildman–Crippen MR) is 74.0 cm³/mol. The summed E-state index contributed by atoms with van der Waals surface area (Å²) in [6, 6.07) is 0. The number of terminal acetylenes is 1. The van der Waals surface area contributed by atoms with Gasteiger partial charge in [0.05, 0.1) is 18.8 Å². The van der Waals surface area contributed by atoms with Crippen molar-refractivity contribution in [3.63, 3.8) is 0 Å². The molecule has 3 aliphatic rings. The zero-order valence-corrected chi connectivity index (χ0v) is 11.8. The molecule has 108 valence electrons. The van der Waals surface area contributed by atoms with Gasteiger partial charge in [0.1, 0.15) is 0 Å². The van der Waals surface area contributed by atoms with Gasteiger partial charge in [0.25, 0.3) is 0 Å². The van der Waals surface area contributed by atoms with Crippen LogP contribution in [-0.4, -0.2) is 41.8 Å². The van der Waals surface area contributed by atoms with Crippen molar-refractivity contribution in [3.8, 4) is 12.3 Å². The molecule has 1 saturated heterocycles. The lowest BCUT2D eigenvalue weighted by Crippen LogP contribution is -2.62. The molecule has 1 saturated carbocycles. The first-order valence-corrected chi connectivity index (χ1v) is 7.46. The Labute approximate surface area is 119 Å². The van der Waals surface area contributed by atoms with E-state index < -0.39 is 0 Å². The Morgan fingerprint density at radius 3 is 2.75 bits per heavy atom. The maximum absolute atomic E-state index is 12.5. The number of ether oxygens (including phenoxy) is 1. The third-order valence-electron chi connectivity index (χ3n) is 4.78. The van der Waals surface area contributed by atoms with E-state index in [0.717, 1.165) is 25.8 Å². The fourth-order valence-corrected chi connectivity index (χ4v) is 3.23. The Kier molecular flexibility index (Phi) is 3.51. The molecule has 0 aromatic rings. The molecule has 1 aliphatic carbocycles. The van der Waals surface area contributed by atoms with Crippen molar-refractivity contribution in [2.24, 2.45) is 10.2 Å². The highest BCUT2D eigenvalue weighted by atomic mass is 16.5. The van der Waals surface area contributed by atoms with Gasteiger partial charge in [0, 0.05) is 32.2 Å². The van der Waals surface area contributed by atoms with Crippen LogP contribution in [0.2, 0.25) is 0 Å². The molecule has 5 nitrogen and oxygen atoms in total. The van der Waals surface area contributed by atoms with Gasteiger partial charge < -0.3 is 9.64 Å². The third-order valence-corrected chi connectivity index (χ3v) is 4.78. The first-order chi connectivity index (χ1) is 9.70. The van der Waals surface area contributed by atoms with Crippen LogP contribution in [0.15, 0.2) is 10.2 Å². The van der Waals surface area contributed by atoms with Crippen molar-refractivity contribution >= 4 is 5.91 Å². The lowest BCUT2D eigenvalue weighted by Gasteiger charge is -2.52. The summed E-state index contributed by atoms with van der Waals surface area (Å²) in [5.74, 6) is 2.84. The highest BCUT2D eigenvalue weighted by Crippen LogP contribution is 2.41. The lowest BCUT2D eigenvalue weighted by molar-refractivity contribution is -0.158. The molecule has 20 heavy (non-hydrogen) atoms. The van der Waals surface area contributed by atoms with Crippen LogP contribution in [0.1, 0.15) is 44.9 Å². The second-order valence-corrected chi connectivity index (χ2v) is 6.06. The second-order valence-electron chi connectivity index (χ2n) is 6.06. The van der Waals surface area contributed by atoms with Crippen LogP contribution in [0.25, 0.3) is 0 Å². The van der Waals surface area contributed by atoms with E-state index in [1.54, 1.807) is 0 Å². The van der Waals surface area contributed by atoms with E-state index in [1.165, 1.54) is 6.42 Å². The third kappa shape index (κ3) is 2.45. The summed E-state index contributed by atoms with van der Waals surface area (Å²) in [4.78, 5) is 14.6. The molecule has 5 heteroatoms. The minimum atomic E-state index is -0.346. The smallest absolute Gasteiger partial charge is 0.223 e. The van der Waals surface area contributed by atoms with Crippen molar-refractivity contribution in [3.05, 3.63) is 0 Å². The molecule has 2 fully saturated rings. The maximum atomic E-state index is 12.5. The van der Waals surface area contributed by atoms with Crippen molar-refractivity contribution in [2.75, 3.05) is 19.8 Å². The quantitative estimate of drug-likeness (QED) is 0.722. The number of rotatable bonds is 5. The van der Waals surface area contributed by atoms with E-state index in [1.807, 2.05) is 0 Å². The monoisotopic (exact) mass is 275 g/mol. The Bertz CT molecular complexity index is 456. The van der Waals surface area contributed by atoms with Gasteiger partial charge in [-0.05, 0) is 19.3 Å². The van der Waals surface area contributed by atoms with Crippen LogP contribution in [0, 0.1) is 12.3 Å². The molecule has 0 bridgehead atoms. The van der Waals surface area contributed by atoms with E-state index in [0.29, 0.717) is 32.5 Å². The number of carbonyl (C=O) groups excluding carboxylic acids is 1. The summed E-state index contributed by atoms with van der Waals surface area (Å²) in [6.07, 6.45) is 11.3. The van der Waals surface area contributed by atoms with Gasteiger partial charge in [-0.2, -0.15) is 10.2 Å². The average molecular weight is 275 g/mol. The average Bonchev–Trinajstić information content (AvgIpc) is 3.21. The number of hydrogen-bond donors (Lipinski definition) is 0. The first kappa shape index (κ1) is 13.6. The van der Waals surface area contributed by atoms with Gasteiger partial charge in [-0.25, -0.2) is 0 Å². The summed E-state index contributed by atoms with van der Waals surface area (Å²) >= 11 is 0. The fourth-order valence-electron chi connectivity index (χ4n) is 3.23. The van der Waals surface area contributed by atoms with Crippen LogP contribution in [-0.2, 0) is 9.53 Å². The topological polar surface area (TPSA) is 54.3 Å². The van der Waals surface area contributed by atoms with E-state index in [2.05, 4.69) is 21.0 Å². The minimum Gasteiger partial charge on any atom is -0.377 e. The van der Waals surface area contributed by atoms with Gasteiger partial charge in [-0.15, -0.1) is 12.3 Å². The number of morpholine rings is 1. The molecule has 0 atom stereocenters. The number of nitrogens with zero attached hydrogens (tertiary/aromatic N) is 3. The first-order valence-electron chi connectivity index (χ1n) is 7.46. The maximum Gasteiger partial charge on any atom is 0.223 e. The predicted octanol–water partition coefficient (Wildman–Crippen LogP) is 2.12. The van der Waals surface area contributed by atoms with Gasteiger partial charge in [-0.3, -0.25) is 4.79 Å². The highest BCUT2D eigenvalue weighted by molar-refractivity contribution is 5.77. The normalized spacial score (nSPS) is 25.1. The van der Waals surface area contributed by atoms with E-state index in [-0.39, 0.29) is 17.1 Å². The van der Waals surface area contributed by atoms with Gasteiger partial charge >= 0.3 is 0 Å². The summed E-state index contributed by atoms with van der Waals surface area (Å²) in [6.45, 7) is 2.09. The van der Waals surface area contributed by atoms with E-state index in [9.17, 15) is 4.79 Å². The molecule has 0 aromatic carbocycles. The minimum absolute atomic E-state index is 0.000846. The van der Waals surface area contributed by atoms with Crippen LogP contribution < -0.4 is 0 Å². The zero-order valence-electron chi connectivity index (χ0n) is 11.8. The molecular weight excluding hydrogens is 254 g/mol. The molecule has 0 aromatic heterocycles.